The van der Waals surface area contributed by atoms with E-state index in [2.05, 4.69) is 15.1 Å². The van der Waals surface area contributed by atoms with Crippen LogP contribution in [0, 0.1) is 5.92 Å². The Kier molecular flexibility index (Phi) is 9.92. The van der Waals surface area contributed by atoms with Crippen molar-refractivity contribution in [3.8, 4) is 5.75 Å². The van der Waals surface area contributed by atoms with Gasteiger partial charge in [0.15, 0.2) is 5.75 Å². The van der Waals surface area contributed by atoms with E-state index in [1.54, 1.807) is 19.2 Å². The number of carbonyl (C=O) groups is 2. The molecule has 9 nitrogen and oxygen atoms in total. The molecule has 0 spiro atoms. The van der Waals surface area contributed by atoms with Crippen molar-refractivity contribution in [3.63, 3.8) is 0 Å². The van der Waals surface area contributed by atoms with Crippen molar-refractivity contribution in [1.82, 2.24) is 15.1 Å². The number of nitrogen functional groups attached to an aromatic ring is 1. The summed E-state index contributed by atoms with van der Waals surface area (Å²) in [5, 5.41) is 3.32. The molecule has 0 saturated carbocycles. The molecule has 4 heterocycles. The van der Waals surface area contributed by atoms with E-state index in [0.717, 1.165) is 77.8 Å². The van der Waals surface area contributed by atoms with Crippen LogP contribution in [-0.2, 0) is 14.3 Å². The molecule has 0 radical (unpaired) electrons. The van der Waals surface area contributed by atoms with E-state index < -0.39 is 0 Å². The number of fused-ring (bicyclic) bond motifs is 3. The second-order valence-corrected chi connectivity index (χ2v) is 10.8. The van der Waals surface area contributed by atoms with E-state index in [1.807, 2.05) is 0 Å². The van der Waals surface area contributed by atoms with Gasteiger partial charge in [-0.15, -0.1) is 0 Å². The molecule has 4 saturated heterocycles. The first-order valence-electron chi connectivity index (χ1n) is 13.5. The number of rotatable bonds is 11. The fraction of sp³-hybridized carbons (Fsp3) is 0.704. The van der Waals surface area contributed by atoms with Crippen molar-refractivity contribution in [2.75, 3.05) is 59.2 Å². The van der Waals surface area contributed by atoms with Gasteiger partial charge in [0.25, 0.3) is 5.91 Å². The summed E-state index contributed by atoms with van der Waals surface area (Å²) in [6.45, 7) is 5.76. The van der Waals surface area contributed by atoms with Gasteiger partial charge in [0.1, 0.15) is 11.1 Å². The Labute approximate surface area is 224 Å². The molecule has 37 heavy (non-hydrogen) atoms. The van der Waals surface area contributed by atoms with E-state index in [4.69, 9.17) is 31.5 Å². The van der Waals surface area contributed by atoms with Crippen LogP contribution in [0.3, 0.4) is 0 Å². The lowest BCUT2D eigenvalue weighted by Crippen LogP contribution is -2.54. The number of esters is 1. The standard InChI is InChI=1S/C27H41ClN4O5/c1-35-23-17-31(12-5-3-4-6-24(33)37-22-16-32-13-9-18(22)10-14-32)15-11-21(23)30-27(34)19-7-8-20(29)25(28)26(19)36-2/h7-8,18,21-23H,3-6,9-17,29H2,1-2H3,(H,30,34)/t21-,22+,23+/m1/s1. The van der Waals surface area contributed by atoms with Crippen molar-refractivity contribution >= 4 is 29.2 Å². The van der Waals surface area contributed by atoms with E-state index in [9.17, 15) is 9.59 Å². The molecule has 4 aliphatic heterocycles. The Balaban J connectivity index is 1.15. The minimum atomic E-state index is -0.260. The highest BCUT2D eigenvalue weighted by Gasteiger charge is 2.36. The van der Waals surface area contributed by atoms with E-state index in [0.29, 0.717) is 23.6 Å². The highest BCUT2D eigenvalue weighted by molar-refractivity contribution is 6.35. The molecule has 0 unspecified atom stereocenters. The van der Waals surface area contributed by atoms with E-state index in [1.165, 1.54) is 7.11 Å². The van der Waals surface area contributed by atoms with Crippen LogP contribution in [0.5, 0.6) is 5.75 Å². The number of ether oxygens (including phenoxy) is 3. The number of methoxy groups -OCH3 is 2. The number of carbonyl (C=O) groups excluding carboxylic acids is 2. The maximum absolute atomic E-state index is 13.0. The summed E-state index contributed by atoms with van der Waals surface area (Å²) >= 11 is 6.22. The Hall–Kier alpha value is -2.07. The van der Waals surface area contributed by atoms with Crippen molar-refractivity contribution in [2.24, 2.45) is 5.92 Å². The highest BCUT2D eigenvalue weighted by atomic mass is 35.5. The summed E-state index contributed by atoms with van der Waals surface area (Å²) in [4.78, 5) is 30.0. The summed E-state index contributed by atoms with van der Waals surface area (Å²) < 4.78 is 16.8. The van der Waals surface area contributed by atoms with Gasteiger partial charge in [-0.1, -0.05) is 18.0 Å². The molecule has 5 rings (SSSR count). The number of hydrogen-bond donors (Lipinski definition) is 2. The molecule has 4 aliphatic rings. The van der Waals surface area contributed by atoms with Gasteiger partial charge < -0.3 is 30.2 Å². The molecule has 1 aromatic rings. The van der Waals surface area contributed by atoms with Crippen molar-refractivity contribution in [2.45, 2.75) is 63.2 Å². The zero-order chi connectivity index (χ0) is 26.4. The third-order valence-corrected chi connectivity index (χ3v) is 8.46. The number of benzene rings is 1. The maximum Gasteiger partial charge on any atom is 0.306 e. The number of nitrogens with two attached hydrogens (primary N) is 1. The van der Waals surface area contributed by atoms with Crippen LogP contribution in [0.1, 0.15) is 55.3 Å². The SMILES string of the molecule is COc1c(C(=O)N[C@@H]2CCN(CCCCCC(=O)O[C@H]3CN4CCC3CC4)C[C@@H]2OC)ccc(N)c1Cl. The third kappa shape index (κ3) is 7.07. The van der Waals surface area contributed by atoms with Crippen molar-refractivity contribution in [3.05, 3.63) is 22.7 Å². The molecule has 0 aliphatic carbocycles. The number of halogens is 1. The number of piperidine rings is 4. The molecule has 206 valence electrons. The van der Waals surface area contributed by atoms with E-state index in [-0.39, 0.29) is 40.9 Å². The normalized spacial score (nSPS) is 27.6. The van der Waals surface area contributed by atoms with Gasteiger partial charge in [0.05, 0.1) is 30.5 Å². The summed E-state index contributed by atoms with van der Waals surface area (Å²) in [5.41, 5.74) is 6.56. The summed E-state index contributed by atoms with van der Waals surface area (Å²) in [7, 11) is 3.14. The van der Waals surface area contributed by atoms with Crippen LogP contribution >= 0.6 is 11.6 Å². The molecule has 10 heteroatoms. The molecular formula is C27H41ClN4O5. The first-order chi connectivity index (χ1) is 17.9. The van der Waals surface area contributed by atoms with Gasteiger partial charge in [-0.3, -0.25) is 14.5 Å². The van der Waals surface area contributed by atoms with Crippen LogP contribution in [0.4, 0.5) is 5.69 Å². The Morgan fingerprint density at radius 2 is 1.84 bits per heavy atom. The Bertz CT molecular complexity index is 940. The van der Waals surface area contributed by atoms with Crippen LogP contribution in [-0.4, -0.2) is 93.4 Å². The Morgan fingerprint density at radius 1 is 1.05 bits per heavy atom. The molecule has 1 aromatic carbocycles. The highest BCUT2D eigenvalue weighted by Crippen LogP contribution is 2.34. The number of likely N-dealkylation sites (tertiary alicyclic amines) is 1. The maximum atomic E-state index is 13.0. The van der Waals surface area contributed by atoms with Gasteiger partial charge >= 0.3 is 5.97 Å². The summed E-state index contributed by atoms with van der Waals surface area (Å²) in [6.07, 6.45) is 6.42. The summed E-state index contributed by atoms with van der Waals surface area (Å²) in [6, 6.07) is 3.11. The van der Waals surface area contributed by atoms with E-state index >= 15 is 0 Å². The molecule has 3 atom stereocenters. The third-order valence-electron chi connectivity index (χ3n) is 8.07. The number of unbranched alkanes of at least 4 members (excludes halogenated alkanes) is 2. The van der Waals surface area contributed by atoms with Crippen LogP contribution in [0.25, 0.3) is 0 Å². The van der Waals surface area contributed by atoms with Crippen LogP contribution in [0.15, 0.2) is 12.1 Å². The lowest BCUT2D eigenvalue weighted by Gasteiger charge is -2.43. The van der Waals surface area contributed by atoms with Crippen LogP contribution in [0.2, 0.25) is 5.02 Å². The lowest BCUT2D eigenvalue weighted by molar-refractivity contribution is -0.158. The number of nitrogens with one attached hydrogen (secondary N) is 1. The van der Waals surface area contributed by atoms with Gasteiger partial charge in [0.2, 0.25) is 0 Å². The molecule has 0 aromatic heterocycles. The fourth-order valence-corrected chi connectivity index (χ4v) is 6.08. The second kappa shape index (κ2) is 13.1. The minimum Gasteiger partial charge on any atom is -0.494 e. The average molecular weight is 537 g/mol. The quantitative estimate of drug-likeness (QED) is 0.252. The largest absolute Gasteiger partial charge is 0.494 e. The second-order valence-electron chi connectivity index (χ2n) is 10.5. The molecule has 3 N–H and O–H groups in total. The first kappa shape index (κ1) is 28.0. The number of hydrogen-bond acceptors (Lipinski definition) is 8. The smallest absolute Gasteiger partial charge is 0.306 e. The zero-order valence-electron chi connectivity index (χ0n) is 22.0. The fourth-order valence-electron chi connectivity index (χ4n) is 5.84. The lowest BCUT2D eigenvalue weighted by atomic mass is 9.86. The van der Waals surface area contributed by atoms with Crippen molar-refractivity contribution < 1.29 is 23.8 Å². The molecule has 2 bridgehead atoms. The summed E-state index contributed by atoms with van der Waals surface area (Å²) in [5.74, 6) is 0.526. The molecule has 4 fully saturated rings. The first-order valence-corrected chi connectivity index (χ1v) is 13.9. The number of anilines is 1. The van der Waals surface area contributed by atoms with Gasteiger partial charge in [0, 0.05) is 33.2 Å². The topological polar surface area (TPSA) is 106 Å². The predicted octanol–water partition coefficient (Wildman–Crippen LogP) is 2.95. The molecule has 1 amide bonds. The zero-order valence-corrected chi connectivity index (χ0v) is 22.8. The number of amides is 1. The minimum absolute atomic E-state index is 0.0474. The van der Waals surface area contributed by atoms with Gasteiger partial charge in [-0.25, -0.2) is 0 Å². The number of nitrogens with zero attached hydrogens (tertiary/aromatic N) is 2. The molecular weight excluding hydrogens is 496 g/mol. The van der Waals surface area contributed by atoms with Crippen LogP contribution < -0.4 is 15.8 Å². The predicted molar refractivity (Wildman–Crippen MR) is 143 cm³/mol. The average Bonchev–Trinajstić information content (AvgIpc) is 2.91. The van der Waals surface area contributed by atoms with Gasteiger partial charge in [-0.2, -0.15) is 0 Å². The monoisotopic (exact) mass is 536 g/mol. The Morgan fingerprint density at radius 3 is 2.51 bits per heavy atom. The van der Waals surface area contributed by atoms with Crippen molar-refractivity contribution in [1.29, 1.82) is 0 Å². The van der Waals surface area contributed by atoms with Gasteiger partial charge in [-0.05, 0) is 69.8 Å².